The quantitative estimate of drug-likeness (QED) is 0.370. The zero-order valence-corrected chi connectivity index (χ0v) is 16.5. The summed E-state index contributed by atoms with van der Waals surface area (Å²) in [5.41, 5.74) is 6.19. The minimum Gasteiger partial charge on any atom is -0.325 e. The molecule has 0 bridgehead atoms. The van der Waals surface area contributed by atoms with Gasteiger partial charge in [-0.05, 0) is 48.6 Å². The minimum absolute atomic E-state index is 0.304. The lowest BCUT2D eigenvalue weighted by atomic mass is 10.0. The fourth-order valence-electron chi connectivity index (χ4n) is 3.79. The van der Waals surface area contributed by atoms with Crippen molar-refractivity contribution in [1.82, 2.24) is 9.97 Å². The predicted molar refractivity (Wildman–Crippen MR) is 114 cm³/mol. The number of rotatable bonds is 2. The van der Waals surface area contributed by atoms with Gasteiger partial charge < -0.3 is 4.90 Å². The van der Waals surface area contributed by atoms with Crippen molar-refractivity contribution in [1.29, 1.82) is 0 Å². The molecule has 0 fully saturated rings. The van der Waals surface area contributed by atoms with Crippen molar-refractivity contribution in [3.8, 4) is 11.1 Å². The molecule has 0 saturated heterocycles. The lowest BCUT2D eigenvalue weighted by Crippen LogP contribution is -2.25. The van der Waals surface area contributed by atoms with Crippen molar-refractivity contribution in [2.45, 2.75) is 19.8 Å². The molecule has 4 aromatic rings. The number of nitrogens with zero attached hydrogens (tertiary/aromatic N) is 3. The van der Waals surface area contributed by atoms with E-state index in [0.717, 1.165) is 35.4 Å². The SMILES string of the molecule is Cc1ccc(-c2csc3nc(Cl)nc(N4CCCc5ccccc54)c23)cc1. The molecule has 5 rings (SSSR count). The molecule has 1 aliphatic rings. The van der Waals surface area contributed by atoms with Crippen molar-refractivity contribution in [2.24, 2.45) is 0 Å². The Kier molecular flexibility index (Phi) is 4.10. The first-order valence-electron chi connectivity index (χ1n) is 9.08. The van der Waals surface area contributed by atoms with Crippen LogP contribution in [0, 0.1) is 6.92 Å². The molecule has 5 heteroatoms. The van der Waals surface area contributed by atoms with Crippen LogP contribution in [0.2, 0.25) is 5.28 Å². The number of halogens is 1. The number of thiophene rings is 1. The standard InChI is InChI=1S/C22H18ClN3S/c1-14-8-10-15(11-9-14)17-13-27-21-19(17)20(24-22(23)25-21)26-12-4-6-16-5-2-3-7-18(16)26/h2-3,5,7-11,13H,4,6,12H2,1H3. The summed E-state index contributed by atoms with van der Waals surface area (Å²) in [6, 6.07) is 17.2. The van der Waals surface area contributed by atoms with E-state index in [-0.39, 0.29) is 0 Å². The maximum Gasteiger partial charge on any atom is 0.225 e. The molecule has 0 saturated carbocycles. The average Bonchev–Trinajstić information content (AvgIpc) is 3.11. The molecule has 3 heterocycles. The fraction of sp³-hybridized carbons (Fsp3) is 0.182. The number of aromatic nitrogens is 2. The van der Waals surface area contributed by atoms with Crippen LogP contribution in [0.1, 0.15) is 17.5 Å². The number of benzene rings is 2. The summed E-state index contributed by atoms with van der Waals surface area (Å²) in [4.78, 5) is 12.4. The second-order valence-corrected chi connectivity index (χ2v) is 8.09. The minimum atomic E-state index is 0.304. The molecule has 0 amide bonds. The largest absolute Gasteiger partial charge is 0.325 e. The highest BCUT2D eigenvalue weighted by molar-refractivity contribution is 7.17. The van der Waals surface area contributed by atoms with Crippen LogP contribution < -0.4 is 4.90 Å². The first-order valence-corrected chi connectivity index (χ1v) is 10.3. The Balaban J connectivity index is 1.75. The average molecular weight is 392 g/mol. The zero-order valence-electron chi connectivity index (χ0n) is 14.9. The van der Waals surface area contributed by atoms with Gasteiger partial charge in [0.15, 0.2) is 0 Å². The molecule has 0 radical (unpaired) electrons. The number of aryl methyl sites for hydroxylation is 2. The fourth-order valence-corrected chi connectivity index (χ4v) is 4.95. The summed E-state index contributed by atoms with van der Waals surface area (Å²) >= 11 is 7.93. The number of hydrogen-bond donors (Lipinski definition) is 0. The van der Waals surface area contributed by atoms with E-state index in [1.165, 1.54) is 27.9 Å². The van der Waals surface area contributed by atoms with E-state index in [1.54, 1.807) is 11.3 Å². The van der Waals surface area contributed by atoms with E-state index in [2.05, 4.69) is 75.7 Å². The molecule has 0 N–H and O–H groups in total. The molecule has 0 atom stereocenters. The van der Waals surface area contributed by atoms with E-state index in [0.29, 0.717) is 5.28 Å². The van der Waals surface area contributed by atoms with Crippen LogP contribution in [-0.2, 0) is 6.42 Å². The topological polar surface area (TPSA) is 29.0 Å². The normalized spacial score (nSPS) is 13.8. The van der Waals surface area contributed by atoms with Gasteiger partial charge in [0, 0.05) is 23.2 Å². The Morgan fingerprint density at radius 2 is 1.85 bits per heavy atom. The predicted octanol–water partition coefficient (Wildman–Crippen LogP) is 6.40. The summed E-state index contributed by atoms with van der Waals surface area (Å²) in [5.74, 6) is 0.911. The summed E-state index contributed by atoms with van der Waals surface area (Å²) in [5, 5.41) is 3.56. The van der Waals surface area contributed by atoms with Crippen LogP contribution in [-0.4, -0.2) is 16.5 Å². The van der Waals surface area contributed by atoms with Gasteiger partial charge in [-0.15, -0.1) is 11.3 Å². The molecule has 2 aromatic heterocycles. The Morgan fingerprint density at radius 3 is 2.70 bits per heavy atom. The highest BCUT2D eigenvalue weighted by Crippen LogP contribution is 2.42. The van der Waals surface area contributed by atoms with Crippen molar-refractivity contribution in [3.63, 3.8) is 0 Å². The van der Waals surface area contributed by atoms with Gasteiger partial charge >= 0.3 is 0 Å². The van der Waals surface area contributed by atoms with Crippen LogP contribution in [0.5, 0.6) is 0 Å². The van der Waals surface area contributed by atoms with Crippen LogP contribution in [0.3, 0.4) is 0 Å². The van der Waals surface area contributed by atoms with E-state index in [1.807, 2.05) is 0 Å². The molecule has 3 nitrogen and oxygen atoms in total. The highest BCUT2D eigenvalue weighted by atomic mass is 35.5. The first-order chi connectivity index (χ1) is 13.2. The number of hydrogen-bond acceptors (Lipinski definition) is 4. The lowest BCUT2D eigenvalue weighted by Gasteiger charge is -2.31. The van der Waals surface area contributed by atoms with Crippen molar-refractivity contribution < 1.29 is 0 Å². The highest BCUT2D eigenvalue weighted by Gasteiger charge is 2.24. The molecule has 0 unspecified atom stereocenters. The number of para-hydroxylation sites is 1. The number of anilines is 2. The second-order valence-electron chi connectivity index (χ2n) is 6.90. The van der Waals surface area contributed by atoms with Crippen molar-refractivity contribution >= 4 is 44.7 Å². The number of fused-ring (bicyclic) bond motifs is 2. The monoisotopic (exact) mass is 391 g/mol. The summed E-state index contributed by atoms with van der Waals surface area (Å²) in [6.45, 7) is 3.04. The smallest absolute Gasteiger partial charge is 0.225 e. The lowest BCUT2D eigenvalue weighted by molar-refractivity contribution is 0.761. The Bertz CT molecular complexity index is 1130. The molecule has 0 spiro atoms. The van der Waals surface area contributed by atoms with Gasteiger partial charge in [-0.3, -0.25) is 0 Å². The van der Waals surface area contributed by atoms with Gasteiger partial charge in [0.1, 0.15) is 10.6 Å². The van der Waals surface area contributed by atoms with E-state index >= 15 is 0 Å². The molecular weight excluding hydrogens is 374 g/mol. The summed E-state index contributed by atoms with van der Waals surface area (Å²) in [6.07, 6.45) is 2.20. The maximum absolute atomic E-state index is 6.30. The van der Waals surface area contributed by atoms with Gasteiger partial charge in [0.25, 0.3) is 0 Å². The van der Waals surface area contributed by atoms with Crippen LogP contribution >= 0.6 is 22.9 Å². The zero-order chi connectivity index (χ0) is 18.4. The van der Waals surface area contributed by atoms with E-state index < -0.39 is 0 Å². The van der Waals surface area contributed by atoms with Gasteiger partial charge in [0.05, 0.1) is 5.39 Å². The Morgan fingerprint density at radius 1 is 1.04 bits per heavy atom. The molecule has 0 aliphatic carbocycles. The Hall–Kier alpha value is -2.43. The van der Waals surface area contributed by atoms with E-state index in [4.69, 9.17) is 11.6 Å². The molecule has 27 heavy (non-hydrogen) atoms. The molecule has 2 aromatic carbocycles. The van der Waals surface area contributed by atoms with Gasteiger partial charge in [0.2, 0.25) is 5.28 Å². The van der Waals surface area contributed by atoms with Crippen LogP contribution in [0.25, 0.3) is 21.3 Å². The van der Waals surface area contributed by atoms with Gasteiger partial charge in [-0.1, -0.05) is 48.0 Å². The third kappa shape index (κ3) is 2.89. The molecule has 134 valence electrons. The third-order valence-corrected chi connectivity index (χ3v) is 6.16. The van der Waals surface area contributed by atoms with Gasteiger partial charge in [-0.25, -0.2) is 4.98 Å². The Labute approximate surface area is 167 Å². The second kappa shape index (κ2) is 6.63. The molecule has 1 aliphatic heterocycles. The van der Waals surface area contributed by atoms with Crippen molar-refractivity contribution in [3.05, 3.63) is 70.3 Å². The van der Waals surface area contributed by atoms with Crippen molar-refractivity contribution in [2.75, 3.05) is 11.4 Å². The van der Waals surface area contributed by atoms with Crippen LogP contribution in [0.4, 0.5) is 11.5 Å². The first kappa shape index (κ1) is 16.7. The van der Waals surface area contributed by atoms with Crippen LogP contribution in [0.15, 0.2) is 53.9 Å². The van der Waals surface area contributed by atoms with Gasteiger partial charge in [-0.2, -0.15) is 4.98 Å². The summed E-state index contributed by atoms with van der Waals surface area (Å²) in [7, 11) is 0. The molecular formula is C22H18ClN3S. The van der Waals surface area contributed by atoms with E-state index in [9.17, 15) is 0 Å². The maximum atomic E-state index is 6.30. The third-order valence-electron chi connectivity index (χ3n) is 5.12. The summed E-state index contributed by atoms with van der Waals surface area (Å²) < 4.78 is 0.